The van der Waals surface area contributed by atoms with Crippen molar-refractivity contribution in [2.45, 2.75) is 50.7 Å². The summed E-state index contributed by atoms with van der Waals surface area (Å²) in [5.41, 5.74) is 2.15. The molecule has 126 valence electrons. The van der Waals surface area contributed by atoms with Gasteiger partial charge in [-0.15, -0.1) is 5.10 Å². The van der Waals surface area contributed by atoms with Crippen LogP contribution < -0.4 is 5.32 Å². The SMILES string of the molecule is COC[C@H](C)Nc1ncc2c(Br)cc([C@H]3CC[C@H](O)CC3)n2n1. The molecule has 2 N–H and O–H groups in total. The van der Waals surface area contributed by atoms with Gasteiger partial charge in [0.1, 0.15) is 0 Å². The molecule has 1 atom stereocenters. The molecule has 1 aliphatic carbocycles. The van der Waals surface area contributed by atoms with Gasteiger partial charge < -0.3 is 15.2 Å². The van der Waals surface area contributed by atoms with Crippen LogP contribution >= 0.6 is 15.9 Å². The average molecular weight is 383 g/mol. The van der Waals surface area contributed by atoms with Gasteiger partial charge in [-0.3, -0.25) is 0 Å². The summed E-state index contributed by atoms with van der Waals surface area (Å²) in [6.45, 7) is 2.64. The van der Waals surface area contributed by atoms with Gasteiger partial charge in [-0.1, -0.05) is 0 Å². The van der Waals surface area contributed by atoms with Crippen LogP contribution in [-0.4, -0.2) is 45.6 Å². The Kier molecular flexibility index (Phi) is 5.18. The first-order chi connectivity index (χ1) is 11.1. The first-order valence-corrected chi connectivity index (χ1v) is 8.85. The summed E-state index contributed by atoms with van der Waals surface area (Å²) in [4.78, 5) is 4.39. The van der Waals surface area contributed by atoms with Crippen LogP contribution in [0.2, 0.25) is 0 Å². The van der Waals surface area contributed by atoms with E-state index in [2.05, 4.69) is 37.4 Å². The van der Waals surface area contributed by atoms with E-state index in [0.29, 0.717) is 18.5 Å². The Morgan fingerprint density at radius 2 is 2.17 bits per heavy atom. The highest BCUT2D eigenvalue weighted by Gasteiger charge is 2.24. The van der Waals surface area contributed by atoms with E-state index in [1.54, 1.807) is 7.11 Å². The fraction of sp³-hybridized carbons (Fsp3) is 0.625. The van der Waals surface area contributed by atoms with Gasteiger partial charge in [0.15, 0.2) is 0 Å². The Morgan fingerprint density at radius 3 is 2.87 bits per heavy atom. The number of aromatic nitrogens is 3. The number of rotatable bonds is 5. The molecule has 6 nitrogen and oxygen atoms in total. The summed E-state index contributed by atoms with van der Waals surface area (Å²) >= 11 is 3.61. The smallest absolute Gasteiger partial charge is 0.241 e. The molecular weight excluding hydrogens is 360 g/mol. The molecule has 0 aromatic carbocycles. The predicted molar refractivity (Wildman–Crippen MR) is 92.9 cm³/mol. The summed E-state index contributed by atoms with van der Waals surface area (Å²) in [5.74, 6) is 1.03. The molecule has 2 aromatic heterocycles. The van der Waals surface area contributed by atoms with Crippen LogP contribution in [0.15, 0.2) is 16.7 Å². The minimum absolute atomic E-state index is 0.143. The number of aliphatic hydroxyl groups is 1. The lowest BCUT2D eigenvalue weighted by molar-refractivity contribution is 0.121. The first kappa shape index (κ1) is 16.7. The molecule has 0 spiro atoms. The molecule has 0 unspecified atom stereocenters. The molecule has 23 heavy (non-hydrogen) atoms. The summed E-state index contributed by atoms with van der Waals surface area (Å²) < 4.78 is 8.12. The summed E-state index contributed by atoms with van der Waals surface area (Å²) in [6.07, 6.45) is 5.38. The molecule has 0 saturated heterocycles. The standard InChI is InChI=1S/C16H23BrN4O2/c1-10(9-23-2)19-16-18-8-15-13(17)7-14(21(15)20-16)11-3-5-12(22)6-4-11/h7-8,10-12,22H,3-6,9H2,1-2H3,(H,19,20)/t10-,11-,12-/m0/s1. The molecular formula is C16H23BrN4O2. The molecule has 3 rings (SSSR count). The van der Waals surface area contributed by atoms with E-state index in [1.165, 1.54) is 5.69 Å². The van der Waals surface area contributed by atoms with Crippen LogP contribution in [0.4, 0.5) is 5.95 Å². The Labute approximate surface area is 144 Å². The zero-order valence-corrected chi connectivity index (χ0v) is 15.1. The Bertz CT molecular complexity index is 667. The maximum absolute atomic E-state index is 9.72. The number of halogens is 1. The number of nitrogens with zero attached hydrogens (tertiary/aromatic N) is 3. The molecule has 7 heteroatoms. The monoisotopic (exact) mass is 382 g/mol. The number of anilines is 1. The Morgan fingerprint density at radius 1 is 1.43 bits per heavy atom. The minimum Gasteiger partial charge on any atom is -0.393 e. The van der Waals surface area contributed by atoms with Crippen LogP contribution in [0.25, 0.3) is 5.52 Å². The van der Waals surface area contributed by atoms with Crippen molar-refractivity contribution in [3.8, 4) is 0 Å². The van der Waals surface area contributed by atoms with E-state index in [9.17, 15) is 5.11 Å². The molecule has 0 amide bonds. The first-order valence-electron chi connectivity index (χ1n) is 8.06. The van der Waals surface area contributed by atoms with Crippen molar-refractivity contribution in [1.29, 1.82) is 0 Å². The summed E-state index contributed by atoms with van der Waals surface area (Å²) in [7, 11) is 1.68. The largest absolute Gasteiger partial charge is 0.393 e. The molecule has 2 heterocycles. The topological polar surface area (TPSA) is 71.7 Å². The summed E-state index contributed by atoms with van der Waals surface area (Å²) in [6, 6.07) is 2.28. The second kappa shape index (κ2) is 7.15. The number of hydrogen-bond donors (Lipinski definition) is 2. The van der Waals surface area contributed by atoms with Gasteiger partial charge in [0.05, 0.1) is 24.4 Å². The molecule has 0 bridgehead atoms. The third-order valence-electron chi connectivity index (χ3n) is 4.40. The van der Waals surface area contributed by atoms with Gasteiger partial charge in [0.25, 0.3) is 0 Å². The van der Waals surface area contributed by atoms with E-state index >= 15 is 0 Å². The van der Waals surface area contributed by atoms with Gasteiger partial charge in [0, 0.05) is 29.2 Å². The van der Waals surface area contributed by atoms with Crippen molar-refractivity contribution in [2.24, 2.45) is 0 Å². The minimum atomic E-state index is -0.150. The van der Waals surface area contributed by atoms with Crippen molar-refractivity contribution in [2.75, 3.05) is 19.0 Å². The van der Waals surface area contributed by atoms with E-state index in [4.69, 9.17) is 4.74 Å². The van der Waals surface area contributed by atoms with Gasteiger partial charge >= 0.3 is 0 Å². The number of hydrogen-bond acceptors (Lipinski definition) is 5. The van der Waals surface area contributed by atoms with Gasteiger partial charge in [-0.05, 0) is 54.6 Å². The maximum Gasteiger partial charge on any atom is 0.241 e. The molecule has 0 aliphatic heterocycles. The van der Waals surface area contributed by atoms with Crippen molar-refractivity contribution >= 4 is 27.4 Å². The van der Waals surface area contributed by atoms with Gasteiger partial charge in [-0.25, -0.2) is 9.50 Å². The van der Waals surface area contributed by atoms with Gasteiger partial charge in [0.2, 0.25) is 5.95 Å². The number of aliphatic hydroxyl groups excluding tert-OH is 1. The zero-order valence-electron chi connectivity index (χ0n) is 13.5. The number of fused-ring (bicyclic) bond motifs is 1. The van der Waals surface area contributed by atoms with Crippen molar-refractivity contribution < 1.29 is 9.84 Å². The normalized spacial score (nSPS) is 23.1. The van der Waals surface area contributed by atoms with Crippen LogP contribution in [-0.2, 0) is 4.74 Å². The van der Waals surface area contributed by atoms with Crippen LogP contribution in [0.5, 0.6) is 0 Å². The third-order valence-corrected chi connectivity index (χ3v) is 5.04. The zero-order chi connectivity index (χ0) is 16.4. The second-order valence-corrected chi connectivity index (χ2v) is 7.16. The van der Waals surface area contributed by atoms with E-state index in [1.807, 2.05) is 17.6 Å². The van der Waals surface area contributed by atoms with E-state index in [0.717, 1.165) is 35.7 Å². The Hall–Kier alpha value is -1.18. The highest BCUT2D eigenvalue weighted by molar-refractivity contribution is 9.10. The lowest BCUT2D eigenvalue weighted by Crippen LogP contribution is -2.23. The summed E-state index contributed by atoms with van der Waals surface area (Å²) in [5, 5.41) is 17.6. The van der Waals surface area contributed by atoms with Crippen molar-refractivity contribution in [3.63, 3.8) is 0 Å². The third kappa shape index (κ3) is 3.67. The molecule has 1 saturated carbocycles. The van der Waals surface area contributed by atoms with Crippen molar-refractivity contribution in [3.05, 3.63) is 22.4 Å². The van der Waals surface area contributed by atoms with Crippen molar-refractivity contribution in [1.82, 2.24) is 14.6 Å². The van der Waals surface area contributed by atoms with Crippen LogP contribution in [0, 0.1) is 0 Å². The highest BCUT2D eigenvalue weighted by atomic mass is 79.9. The second-order valence-electron chi connectivity index (χ2n) is 6.30. The molecule has 1 fully saturated rings. The van der Waals surface area contributed by atoms with E-state index < -0.39 is 0 Å². The number of nitrogens with one attached hydrogen (secondary N) is 1. The van der Waals surface area contributed by atoms with Crippen LogP contribution in [0.3, 0.4) is 0 Å². The molecule has 1 aliphatic rings. The average Bonchev–Trinajstić information content (AvgIpc) is 2.85. The Balaban J connectivity index is 1.89. The quantitative estimate of drug-likeness (QED) is 0.831. The molecule has 0 radical (unpaired) electrons. The van der Waals surface area contributed by atoms with E-state index in [-0.39, 0.29) is 12.1 Å². The lowest BCUT2D eigenvalue weighted by atomic mass is 9.85. The number of methoxy groups -OCH3 is 1. The molecule has 2 aromatic rings. The lowest BCUT2D eigenvalue weighted by Gasteiger charge is -2.25. The fourth-order valence-corrected chi connectivity index (χ4v) is 3.72. The number of ether oxygens (including phenoxy) is 1. The van der Waals surface area contributed by atoms with Gasteiger partial charge in [-0.2, -0.15) is 0 Å². The highest BCUT2D eigenvalue weighted by Crippen LogP contribution is 2.36. The maximum atomic E-state index is 9.72. The van der Waals surface area contributed by atoms with Crippen LogP contribution in [0.1, 0.15) is 44.2 Å². The fourth-order valence-electron chi connectivity index (χ4n) is 3.22. The predicted octanol–water partition coefficient (Wildman–Crippen LogP) is 2.96.